The van der Waals surface area contributed by atoms with Crippen molar-refractivity contribution in [2.45, 2.75) is 26.3 Å². The smallest absolute Gasteiger partial charge is 0.268 e. The third kappa shape index (κ3) is 2.99. The zero-order valence-corrected chi connectivity index (χ0v) is 12.9. The van der Waals surface area contributed by atoms with Gasteiger partial charge in [-0.3, -0.25) is 4.79 Å². The average molecular weight is 316 g/mol. The molecule has 5 nitrogen and oxygen atoms in total. The third-order valence-corrected chi connectivity index (χ3v) is 3.78. The van der Waals surface area contributed by atoms with Crippen LogP contribution in [0.5, 0.6) is 0 Å². The van der Waals surface area contributed by atoms with E-state index in [1.165, 1.54) is 10.6 Å². The van der Waals surface area contributed by atoms with Gasteiger partial charge in [0.2, 0.25) is 0 Å². The number of carbonyl (C=O) groups is 1. The van der Waals surface area contributed by atoms with Crippen LogP contribution in [0.2, 0.25) is 10.2 Å². The fourth-order valence-electron chi connectivity index (χ4n) is 1.70. The summed E-state index contributed by atoms with van der Waals surface area (Å²) in [5.74, 6) is 0.617. The van der Waals surface area contributed by atoms with E-state index >= 15 is 0 Å². The molecule has 0 aliphatic rings. The quantitative estimate of drug-likeness (QED) is 0.941. The molecule has 2 aromatic rings. The van der Waals surface area contributed by atoms with Crippen molar-refractivity contribution >= 4 is 29.1 Å². The minimum absolute atomic E-state index is 0.263. The highest BCUT2D eigenvalue weighted by atomic mass is 35.5. The first-order valence-electron chi connectivity index (χ1n) is 6.14. The van der Waals surface area contributed by atoms with Gasteiger partial charge in [-0.25, -0.2) is 0 Å². The number of nitrogens with zero attached hydrogens (tertiary/aromatic N) is 2. The van der Waals surface area contributed by atoms with Gasteiger partial charge < -0.3 is 14.4 Å². The predicted octanol–water partition coefficient (Wildman–Crippen LogP) is 3.37. The normalized spacial score (nSPS) is 11.1. The summed E-state index contributed by atoms with van der Waals surface area (Å²) in [7, 11) is 1.68. The summed E-state index contributed by atoms with van der Waals surface area (Å²) in [6, 6.07) is 3.36. The van der Waals surface area contributed by atoms with Crippen molar-refractivity contribution in [3.8, 4) is 0 Å². The number of hydrogen-bond acceptors (Lipinski definition) is 3. The van der Waals surface area contributed by atoms with Gasteiger partial charge in [0.25, 0.3) is 5.91 Å². The Kier molecular flexibility index (Phi) is 4.40. The lowest BCUT2D eigenvalue weighted by molar-refractivity contribution is 0.0939. The summed E-state index contributed by atoms with van der Waals surface area (Å²) in [4.78, 5) is 12.0. The van der Waals surface area contributed by atoms with Gasteiger partial charge in [0.15, 0.2) is 5.76 Å². The van der Waals surface area contributed by atoms with Crippen LogP contribution in [0.15, 0.2) is 16.7 Å². The largest absolute Gasteiger partial charge is 0.359 e. The van der Waals surface area contributed by atoms with Gasteiger partial charge in [-0.15, -0.1) is 0 Å². The molecular formula is C13H15Cl2N3O2. The van der Waals surface area contributed by atoms with E-state index in [0.29, 0.717) is 21.6 Å². The summed E-state index contributed by atoms with van der Waals surface area (Å²) in [6.07, 6.45) is 0. The van der Waals surface area contributed by atoms with Gasteiger partial charge in [-0.05, 0) is 12.0 Å². The summed E-state index contributed by atoms with van der Waals surface area (Å²) in [5.41, 5.74) is 1.25. The molecule has 2 rings (SSSR count). The molecule has 0 aromatic carbocycles. The van der Waals surface area contributed by atoms with Crippen LogP contribution in [-0.4, -0.2) is 15.6 Å². The Morgan fingerprint density at radius 1 is 1.45 bits per heavy atom. The molecule has 0 atom stereocenters. The van der Waals surface area contributed by atoms with Crippen molar-refractivity contribution in [1.82, 2.24) is 15.0 Å². The monoisotopic (exact) mass is 315 g/mol. The molecule has 20 heavy (non-hydrogen) atoms. The Morgan fingerprint density at radius 3 is 2.65 bits per heavy atom. The van der Waals surface area contributed by atoms with Crippen molar-refractivity contribution in [2.75, 3.05) is 0 Å². The standard InChI is InChI=1S/C13H15Cl2N3O2/c1-7(2)10-4-8(20-17-10)6-16-13(19)11-5-9(14)12(15)18(11)3/h4-5,7H,6H2,1-3H3,(H,16,19). The fraction of sp³-hybridized carbons (Fsp3) is 0.385. The Hall–Kier alpha value is -1.46. The van der Waals surface area contributed by atoms with Gasteiger partial charge in [0.05, 0.1) is 17.3 Å². The number of amides is 1. The lowest BCUT2D eigenvalue weighted by atomic mass is 10.1. The van der Waals surface area contributed by atoms with Crippen molar-refractivity contribution in [3.63, 3.8) is 0 Å². The first-order valence-corrected chi connectivity index (χ1v) is 6.90. The van der Waals surface area contributed by atoms with E-state index in [4.69, 9.17) is 27.7 Å². The van der Waals surface area contributed by atoms with Crippen molar-refractivity contribution in [3.05, 3.63) is 39.5 Å². The van der Waals surface area contributed by atoms with Crippen LogP contribution in [-0.2, 0) is 13.6 Å². The second-order valence-electron chi connectivity index (χ2n) is 4.78. The molecule has 0 saturated carbocycles. The summed E-state index contributed by atoms with van der Waals surface area (Å²) in [5, 5.41) is 7.35. The molecule has 1 N–H and O–H groups in total. The number of carbonyl (C=O) groups excluding carboxylic acids is 1. The topological polar surface area (TPSA) is 60.1 Å². The highest BCUT2D eigenvalue weighted by Crippen LogP contribution is 2.25. The van der Waals surface area contributed by atoms with Crippen LogP contribution in [0.4, 0.5) is 0 Å². The van der Waals surface area contributed by atoms with E-state index in [9.17, 15) is 4.79 Å². The molecule has 7 heteroatoms. The van der Waals surface area contributed by atoms with E-state index in [0.717, 1.165) is 5.69 Å². The maximum atomic E-state index is 12.0. The molecule has 0 radical (unpaired) electrons. The van der Waals surface area contributed by atoms with Crippen LogP contribution in [0.25, 0.3) is 0 Å². The van der Waals surface area contributed by atoms with E-state index in [2.05, 4.69) is 10.5 Å². The Morgan fingerprint density at radius 2 is 2.15 bits per heavy atom. The number of rotatable bonds is 4. The van der Waals surface area contributed by atoms with E-state index in [-0.39, 0.29) is 18.4 Å². The molecule has 1 amide bonds. The van der Waals surface area contributed by atoms with Gasteiger partial charge in [-0.2, -0.15) is 0 Å². The molecule has 0 aliphatic carbocycles. The van der Waals surface area contributed by atoms with Crippen LogP contribution in [0.3, 0.4) is 0 Å². The molecule has 2 heterocycles. The Bertz CT molecular complexity index is 632. The maximum absolute atomic E-state index is 12.0. The molecular weight excluding hydrogens is 301 g/mol. The number of hydrogen-bond donors (Lipinski definition) is 1. The van der Waals surface area contributed by atoms with Crippen LogP contribution in [0.1, 0.15) is 41.7 Å². The molecule has 0 unspecified atom stereocenters. The van der Waals surface area contributed by atoms with Gasteiger partial charge in [0.1, 0.15) is 10.8 Å². The van der Waals surface area contributed by atoms with Crippen molar-refractivity contribution in [1.29, 1.82) is 0 Å². The molecule has 108 valence electrons. The minimum atomic E-state index is -0.274. The second-order valence-corrected chi connectivity index (χ2v) is 5.55. The van der Waals surface area contributed by atoms with Crippen LogP contribution in [0, 0.1) is 0 Å². The molecule has 0 aliphatic heterocycles. The summed E-state index contributed by atoms with van der Waals surface area (Å²) in [6.45, 7) is 4.31. The molecule has 0 bridgehead atoms. The Balaban J connectivity index is 2.03. The number of aromatic nitrogens is 2. The van der Waals surface area contributed by atoms with E-state index < -0.39 is 0 Å². The average Bonchev–Trinajstić information content (AvgIpc) is 2.97. The van der Waals surface area contributed by atoms with Crippen molar-refractivity contribution in [2.24, 2.45) is 7.05 Å². The number of nitrogens with one attached hydrogen (secondary N) is 1. The zero-order valence-electron chi connectivity index (χ0n) is 11.4. The third-order valence-electron chi connectivity index (χ3n) is 2.94. The number of halogens is 2. The SMILES string of the molecule is CC(C)c1cc(CNC(=O)c2cc(Cl)c(Cl)n2C)on1. The van der Waals surface area contributed by atoms with E-state index in [1.807, 2.05) is 19.9 Å². The lowest BCUT2D eigenvalue weighted by Gasteiger charge is -2.04. The summed E-state index contributed by atoms with van der Waals surface area (Å²) >= 11 is 11.8. The highest BCUT2D eigenvalue weighted by molar-refractivity contribution is 6.41. The van der Waals surface area contributed by atoms with Crippen LogP contribution >= 0.6 is 23.2 Å². The van der Waals surface area contributed by atoms with Gasteiger partial charge in [0, 0.05) is 13.1 Å². The van der Waals surface area contributed by atoms with Crippen LogP contribution < -0.4 is 5.32 Å². The fourth-order valence-corrected chi connectivity index (χ4v) is 2.08. The second kappa shape index (κ2) is 5.89. The first-order chi connectivity index (χ1) is 9.40. The maximum Gasteiger partial charge on any atom is 0.268 e. The van der Waals surface area contributed by atoms with Crippen molar-refractivity contribution < 1.29 is 9.32 Å². The minimum Gasteiger partial charge on any atom is -0.359 e. The molecule has 0 fully saturated rings. The zero-order chi connectivity index (χ0) is 14.9. The first kappa shape index (κ1) is 14.9. The highest BCUT2D eigenvalue weighted by Gasteiger charge is 2.16. The molecule has 2 aromatic heterocycles. The van der Waals surface area contributed by atoms with E-state index in [1.54, 1.807) is 7.05 Å². The molecule has 0 spiro atoms. The predicted molar refractivity (Wildman–Crippen MR) is 77.2 cm³/mol. The summed E-state index contributed by atoms with van der Waals surface area (Å²) < 4.78 is 6.67. The van der Waals surface area contributed by atoms with Gasteiger partial charge in [-0.1, -0.05) is 42.2 Å². The Labute approximate surface area is 126 Å². The molecule has 0 saturated heterocycles. The van der Waals surface area contributed by atoms with Gasteiger partial charge >= 0.3 is 0 Å². The lowest BCUT2D eigenvalue weighted by Crippen LogP contribution is -2.24.